The van der Waals surface area contributed by atoms with Crippen molar-refractivity contribution in [2.75, 3.05) is 0 Å². The molecule has 108 valence electrons. The summed E-state index contributed by atoms with van der Waals surface area (Å²) in [5.41, 5.74) is -0.562. The number of nitrogens with zero attached hydrogens (tertiary/aromatic N) is 2. The lowest BCUT2D eigenvalue weighted by Crippen LogP contribution is -2.60. The molecular weight excluding hydrogens is 240 g/mol. The van der Waals surface area contributed by atoms with E-state index in [1.807, 2.05) is 46.4 Å². The molecule has 1 aliphatic rings. The quantitative estimate of drug-likeness (QED) is 0.582. The molecule has 0 aliphatic carbocycles. The lowest BCUT2D eigenvalue weighted by Gasteiger charge is -2.51. The van der Waals surface area contributed by atoms with Crippen LogP contribution in [0.15, 0.2) is 0 Å². The first kappa shape index (κ1) is 15.8. The number of hydrogen-bond acceptors (Lipinski definition) is 4. The highest BCUT2D eigenvalue weighted by Crippen LogP contribution is 2.39. The summed E-state index contributed by atoms with van der Waals surface area (Å²) in [5, 5.41) is 9.32. The maximum atomic E-state index is 11.9. The first-order valence-corrected chi connectivity index (χ1v) is 7.04. The van der Waals surface area contributed by atoms with E-state index in [1.165, 1.54) is 0 Å². The first-order valence-electron chi connectivity index (χ1n) is 7.04. The van der Waals surface area contributed by atoms with E-state index in [2.05, 4.69) is 6.19 Å². The van der Waals surface area contributed by atoms with Gasteiger partial charge in [0.05, 0.1) is 5.92 Å². The van der Waals surface area contributed by atoms with Crippen LogP contribution >= 0.6 is 0 Å². The molecule has 0 radical (unpaired) electrons. The second-order valence-corrected chi connectivity index (χ2v) is 6.84. The van der Waals surface area contributed by atoms with Crippen molar-refractivity contribution < 1.29 is 9.53 Å². The van der Waals surface area contributed by atoms with Gasteiger partial charge < -0.3 is 4.74 Å². The summed E-state index contributed by atoms with van der Waals surface area (Å²) in [7, 11) is 0. The minimum Gasteiger partial charge on any atom is -0.462 e. The molecule has 0 saturated carbocycles. The van der Waals surface area contributed by atoms with Gasteiger partial charge in [0.2, 0.25) is 0 Å². The largest absolute Gasteiger partial charge is 0.462 e. The molecule has 19 heavy (non-hydrogen) atoms. The zero-order valence-electron chi connectivity index (χ0n) is 13.0. The normalized spacial score (nSPS) is 23.5. The van der Waals surface area contributed by atoms with Crippen LogP contribution in [0.2, 0.25) is 0 Å². The van der Waals surface area contributed by atoms with Crippen LogP contribution < -0.4 is 0 Å². The Hall–Kier alpha value is -1.24. The van der Waals surface area contributed by atoms with Crippen LogP contribution in [-0.4, -0.2) is 28.1 Å². The predicted molar refractivity (Wildman–Crippen MR) is 74.2 cm³/mol. The summed E-state index contributed by atoms with van der Waals surface area (Å²) >= 11 is 0. The molecule has 1 aliphatic heterocycles. The van der Waals surface area contributed by atoms with Crippen LogP contribution in [0.25, 0.3) is 0 Å². The Balaban J connectivity index is 2.81. The minimum absolute atomic E-state index is 0.0554. The second-order valence-electron chi connectivity index (χ2n) is 6.84. The van der Waals surface area contributed by atoms with Crippen molar-refractivity contribution in [2.45, 2.75) is 78.0 Å². The van der Waals surface area contributed by atoms with Crippen molar-refractivity contribution in [3.8, 4) is 6.19 Å². The van der Waals surface area contributed by atoms with Gasteiger partial charge in [0.15, 0.2) is 6.19 Å². The third-order valence-electron chi connectivity index (χ3n) is 4.06. The SMILES string of the molecule is CCC(C)C(=O)OC1CC(C)(C)N(C#N)C(C)(C)C1. The molecule has 1 atom stereocenters. The van der Waals surface area contributed by atoms with E-state index in [-0.39, 0.29) is 29.1 Å². The molecule has 0 aromatic heterocycles. The molecular formula is C15H26N2O2. The summed E-state index contributed by atoms with van der Waals surface area (Å²) in [6, 6.07) is 0. The van der Waals surface area contributed by atoms with Crippen molar-refractivity contribution in [3.63, 3.8) is 0 Å². The Morgan fingerprint density at radius 1 is 1.37 bits per heavy atom. The summed E-state index contributed by atoms with van der Waals surface area (Å²) in [5.74, 6) is -0.176. The lowest BCUT2D eigenvalue weighted by molar-refractivity contribution is -0.161. The van der Waals surface area contributed by atoms with Crippen LogP contribution in [0.1, 0.15) is 60.8 Å². The molecule has 4 heteroatoms. The maximum Gasteiger partial charge on any atom is 0.308 e. The third kappa shape index (κ3) is 3.40. The molecule has 0 N–H and O–H groups in total. The van der Waals surface area contributed by atoms with Crippen molar-refractivity contribution in [2.24, 2.45) is 5.92 Å². The van der Waals surface area contributed by atoms with Gasteiger partial charge in [-0.2, -0.15) is 5.26 Å². The van der Waals surface area contributed by atoms with Gasteiger partial charge in [-0.25, -0.2) is 0 Å². The summed E-state index contributed by atoms with van der Waals surface area (Å²) in [6.45, 7) is 12.0. The Morgan fingerprint density at radius 3 is 2.21 bits per heavy atom. The van der Waals surface area contributed by atoms with Gasteiger partial charge in [0, 0.05) is 23.9 Å². The summed E-state index contributed by atoms with van der Waals surface area (Å²) < 4.78 is 5.63. The number of esters is 1. The third-order valence-corrected chi connectivity index (χ3v) is 4.06. The average Bonchev–Trinajstić information content (AvgIpc) is 2.24. The van der Waals surface area contributed by atoms with Gasteiger partial charge in [-0.1, -0.05) is 13.8 Å². The van der Waals surface area contributed by atoms with Gasteiger partial charge in [-0.15, -0.1) is 0 Å². The summed E-state index contributed by atoms with van der Waals surface area (Å²) in [6.07, 6.45) is 4.38. The van der Waals surface area contributed by atoms with E-state index >= 15 is 0 Å². The Kier molecular flexibility index (Phi) is 4.50. The van der Waals surface area contributed by atoms with Crippen molar-refractivity contribution in [1.82, 2.24) is 4.90 Å². The van der Waals surface area contributed by atoms with Gasteiger partial charge in [-0.05, 0) is 34.1 Å². The average molecular weight is 266 g/mol. The molecule has 1 saturated heterocycles. The zero-order valence-corrected chi connectivity index (χ0v) is 13.0. The molecule has 0 aromatic carbocycles. The van der Waals surface area contributed by atoms with Crippen LogP contribution in [0.5, 0.6) is 0 Å². The van der Waals surface area contributed by atoms with Crippen LogP contribution in [0.3, 0.4) is 0 Å². The number of likely N-dealkylation sites (tertiary alicyclic amines) is 1. The fourth-order valence-electron chi connectivity index (χ4n) is 2.99. The Labute approximate surface area is 116 Å². The van der Waals surface area contributed by atoms with E-state index < -0.39 is 0 Å². The van der Waals surface area contributed by atoms with Crippen molar-refractivity contribution >= 4 is 5.97 Å². The zero-order chi connectivity index (χ0) is 14.8. The number of hydrogen-bond donors (Lipinski definition) is 0. The molecule has 0 aromatic rings. The van der Waals surface area contributed by atoms with Gasteiger partial charge in [0.25, 0.3) is 0 Å². The van der Waals surface area contributed by atoms with Gasteiger partial charge in [-0.3, -0.25) is 9.69 Å². The predicted octanol–water partition coefficient (Wildman–Crippen LogP) is 3.08. The number of carbonyl (C=O) groups is 1. The van der Waals surface area contributed by atoms with E-state index in [9.17, 15) is 10.1 Å². The van der Waals surface area contributed by atoms with E-state index in [0.29, 0.717) is 12.8 Å². The lowest BCUT2D eigenvalue weighted by atomic mass is 9.78. The molecule has 1 rings (SSSR count). The number of ether oxygens (including phenoxy) is 1. The summed E-state index contributed by atoms with van der Waals surface area (Å²) in [4.78, 5) is 13.7. The number of carbonyl (C=O) groups excluding carboxylic acids is 1. The first-order chi connectivity index (χ1) is 8.64. The monoisotopic (exact) mass is 266 g/mol. The highest BCUT2D eigenvalue weighted by molar-refractivity contribution is 5.72. The maximum absolute atomic E-state index is 11.9. The molecule has 1 unspecified atom stereocenters. The standard InChI is InChI=1S/C15H26N2O2/c1-7-11(2)13(18)19-12-8-14(3,4)17(10-16)15(5,6)9-12/h11-12H,7-9H2,1-6H3. The molecule has 0 bridgehead atoms. The topological polar surface area (TPSA) is 53.3 Å². The van der Waals surface area contributed by atoms with Crippen LogP contribution in [-0.2, 0) is 9.53 Å². The van der Waals surface area contributed by atoms with Crippen molar-refractivity contribution in [3.05, 3.63) is 0 Å². The number of piperidine rings is 1. The number of rotatable bonds is 3. The van der Waals surface area contributed by atoms with Gasteiger partial charge in [0.1, 0.15) is 6.10 Å². The highest BCUT2D eigenvalue weighted by Gasteiger charge is 2.46. The van der Waals surface area contributed by atoms with Crippen LogP contribution in [0, 0.1) is 17.4 Å². The molecule has 4 nitrogen and oxygen atoms in total. The smallest absolute Gasteiger partial charge is 0.308 e. The Bertz CT molecular complexity index is 364. The molecule has 1 heterocycles. The van der Waals surface area contributed by atoms with Crippen LogP contribution in [0.4, 0.5) is 0 Å². The molecule has 0 spiro atoms. The fourth-order valence-corrected chi connectivity index (χ4v) is 2.99. The number of nitriles is 1. The second kappa shape index (κ2) is 5.40. The van der Waals surface area contributed by atoms with Gasteiger partial charge >= 0.3 is 5.97 Å². The van der Waals surface area contributed by atoms with E-state index in [1.54, 1.807) is 0 Å². The van der Waals surface area contributed by atoms with Crippen molar-refractivity contribution in [1.29, 1.82) is 5.26 Å². The van der Waals surface area contributed by atoms with E-state index in [4.69, 9.17) is 4.74 Å². The molecule has 1 fully saturated rings. The fraction of sp³-hybridized carbons (Fsp3) is 0.867. The van der Waals surface area contributed by atoms with E-state index in [0.717, 1.165) is 6.42 Å². The highest BCUT2D eigenvalue weighted by atomic mass is 16.5. The minimum atomic E-state index is -0.281. The Morgan fingerprint density at radius 2 is 1.84 bits per heavy atom. The molecule has 0 amide bonds.